The van der Waals surface area contributed by atoms with E-state index >= 15 is 0 Å². The van der Waals surface area contributed by atoms with Crippen LogP contribution in [0.25, 0.3) is 0 Å². The molecule has 5 nitrogen and oxygen atoms in total. The Morgan fingerprint density at radius 3 is 2.81 bits per heavy atom. The van der Waals surface area contributed by atoms with Gasteiger partial charge < -0.3 is 10.5 Å². The lowest BCUT2D eigenvalue weighted by Crippen LogP contribution is -2.24. The number of hydrogen-bond acceptors (Lipinski definition) is 4. The maximum absolute atomic E-state index is 10.7. The van der Waals surface area contributed by atoms with Gasteiger partial charge in [-0.05, 0) is 18.9 Å². The highest BCUT2D eigenvalue weighted by atomic mass is 16.6. The second-order valence-electron chi connectivity index (χ2n) is 4.03. The van der Waals surface area contributed by atoms with E-state index in [1.165, 1.54) is 12.1 Å². The summed E-state index contributed by atoms with van der Waals surface area (Å²) < 4.78 is 5.69. The molecule has 1 aliphatic rings. The van der Waals surface area contributed by atoms with Crippen LogP contribution < -0.4 is 10.5 Å². The molecule has 1 aromatic carbocycles. The van der Waals surface area contributed by atoms with E-state index in [4.69, 9.17) is 10.5 Å². The third kappa shape index (κ3) is 1.53. The van der Waals surface area contributed by atoms with E-state index in [0.29, 0.717) is 5.75 Å². The summed E-state index contributed by atoms with van der Waals surface area (Å²) in [6.45, 7) is 3.79. The lowest BCUT2D eigenvalue weighted by atomic mass is 10.0. The average Bonchev–Trinajstić information content (AvgIpc) is 2.56. The lowest BCUT2D eigenvalue weighted by molar-refractivity contribution is -0.385. The molecule has 1 heterocycles. The van der Waals surface area contributed by atoms with Crippen molar-refractivity contribution >= 4 is 5.69 Å². The van der Waals surface area contributed by atoms with E-state index in [0.717, 1.165) is 17.5 Å². The van der Waals surface area contributed by atoms with Gasteiger partial charge in [0.25, 0.3) is 5.69 Å². The zero-order valence-corrected chi connectivity index (χ0v) is 9.27. The molecule has 2 unspecified atom stereocenters. The van der Waals surface area contributed by atoms with Crippen LogP contribution in [0.1, 0.15) is 30.5 Å². The molecule has 0 radical (unpaired) electrons. The Morgan fingerprint density at radius 2 is 2.25 bits per heavy atom. The summed E-state index contributed by atoms with van der Waals surface area (Å²) in [4.78, 5) is 10.3. The number of hydrogen-bond donors (Lipinski definition) is 1. The quantitative estimate of drug-likeness (QED) is 0.613. The van der Waals surface area contributed by atoms with Crippen LogP contribution in [0.2, 0.25) is 0 Å². The molecule has 0 saturated carbocycles. The highest BCUT2D eigenvalue weighted by Crippen LogP contribution is 2.41. The molecule has 2 atom stereocenters. The van der Waals surface area contributed by atoms with Crippen molar-refractivity contribution in [3.05, 3.63) is 33.4 Å². The Bertz CT molecular complexity index is 445. The lowest BCUT2D eigenvalue weighted by Gasteiger charge is -2.11. The second kappa shape index (κ2) is 3.75. The second-order valence-corrected chi connectivity index (χ2v) is 4.03. The van der Waals surface area contributed by atoms with Crippen molar-refractivity contribution in [1.82, 2.24) is 0 Å². The van der Waals surface area contributed by atoms with Crippen molar-refractivity contribution in [3.63, 3.8) is 0 Å². The van der Waals surface area contributed by atoms with Crippen molar-refractivity contribution in [2.45, 2.75) is 32.4 Å². The third-order valence-corrected chi connectivity index (χ3v) is 2.93. The van der Waals surface area contributed by atoms with Crippen molar-refractivity contribution in [2.75, 3.05) is 0 Å². The van der Waals surface area contributed by atoms with Crippen LogP contribution in [0.4, 0.5) is 5.69 Å². The monoisotopic (exact) mass is 222 g/mol. The van der Waals surface area contributed by atoms with Gasteiger partial charge in [-0.2, -0.15) is 0 Å². The SMILES string of the molecule is CCC1Oc2c(C)cc([N+](=O)[O-])cc2C1N. The topological polar surface area (TPSA) is 78.4 Å². The molecule has 0 aliphatic carbocycles. The Balaban J connectivity index is 2.50. The van der Waals surface area contributed by atoms with E-state index in [1.807, 2.05) is 6.92 Å². The maximum Gasteiger partial charge on any atom is 0.270 e. The van der Waals surface area contributed by atoms with E-state index < -0.39 is 4.92 Å². The molecular formula is C11H14N2O3. The maximum atomic E-state index is 10.7. The first-order valence-electron chi connectivity index (χ1n) is 5.25. The minimum absolute atomic E-state index is 0.0734. The normalized spacial score (nSPS) is 22.7. The van der Waals surface area contributed by atoms with Crippen LogP contribution >= 0.6 is 0 Å². The standard InChI is InChI=1S/C11H14N2O3/c1-3-9-10(12)8-5-7(13(14)15)4-6(2)11(8)16-9/h4-5,9-10H,3,12H2,1-2H3. The van der Waals surface area contributed by atoms with Gasteiger partial charge in [-0.1, -0.05) is 6.92 Å². The molecule has 0 saturated heterocycles. The van der Waals surface area contributed by atoms with Gasteiger partial charge in [-0.15, -0.1) is 0 Å². The zero-order valence-electron chi connectivity index (χ0n) is 9.27. The third-order valence-electron chi connectivity index (χ3n) is 2.93. The van der Waals surface area contributed by atoms with Crippen molar-refractivity contribution < 1.29 is 9.66 Å². The predicted molar refractivity (Wildman–Crippen MR) is 59.5 cm³/mol. The Kier molecular flexibility index (Phi) is 2.55. The smallest absolute Gasteiger partial charge is 0.270 e. The molecule has 2 N–H and O–H groups in total. The summed E-state index contributed by atoms with van der Waals surface area (Å²) in [7, 11) is 0. The van der Waals surface area contributed by atoms with E-state index in [9.17, 15) is 10.1 Å². The van der Waals surface area contributed by atoms with E-state index in [-0.39, 0.29) is 17.8 Å². The summed E-state index contributed by atoms with van der Waals surface area (Å²) in [5.41, 5.74) is 7.59. The summed E-state index contributed by atoms with van der Waals surface area (Å²) in [6.07, 6.45) is 0.721. The van der Waals surface area contributed by atoms with Gasteiger partial charge in [-0.25, -0.2) is 0 Å². The van der Waals surface area contributed by atoms with E-state index in [1.54, 1.807) is 6.92 Å². The number of aryl methyl sites for hydroxylation is 1. The fourth-order valence-corrected chi connectivity index (χ4v) is 2.06. The number of nitrogens with zero attached hydrogens (tertiary/aromatic N) is 1. The number of nitro groups is 1. The first-order chi connectivity index (χ1) is 7.54. The molecule has 0 fully saturated rings. The first kappa shape index (κ1) is 10.9. The van der Waals surface area contributed by atoms with Crippen molar-refractivity contribution in [2.24, 2.45) is 5.73 Å². The van der Waals surface area contributed by atoms with Crippen LogP contribution in [0, 0.1) is 17.0 Å². The molecule has 0 amide bonds. The van der Waals surface area contributed by atoms with Crippen LogP contribution in [0.3, 0.4) is 0 Å². The molecule has 16 heavy (non-hydrogen) atoms. The number of nitrogens with two attached hydrogens (primary N) is 1. The predicted octanol–water partition coefficient (Wildman–Crippen LogP) is 2.07. The molecule has 0 aromatic heterocycles. The van der Waals surface area contributed by atoms with Gasteiger partial charge in [0.1, 0.15) is 11.9 Å². The van der Waals surface area contributed by atoms with Crippen molar-refractivity contribution in [1.29, 1.82) is 0 Å². The molecule has 1 aromatic rings. The summed E-state index contributed by atoms with van der Waals surface area (Å²) in [6, 6.07) is 2.77. The van der Waals surface area contributed by atoms with Crippen molar-refractivity contribution in [3.8, 4) is 5.75 Å². The number of benzene rings is 1. The molecule has 2 rings (SSSR count). The molecule has 0 bridgehead atoms. The van der Waals surface area contributed by atoms with Gasteiger partial charge in [-0.3, -0.25) is 10.1 Å². The van der Waals surface area contributed by atoms with Gasteiger partial charge in [0.2, 0.25) is 0 Å². The zero-order chi connectivity index (χ0) is 11.9. The number of ether oxygens (including phenoxy) is 1. The van der Waals surface area contributed by atoms with Gasteiger partial charge in [0, 0.05) is 17.7 Å². The van der Waals surface area contributed by atoms with Crippen LogP contribution in [0.5, 0.6) is 5.75 Å². The number of nitro benzene ring substituents is 1. The molecule has 0 spiro atoms. The Labute approximate surface area is 93.4 Å². The summed E-state index contributed by atoms with van der Waals surface area (Å²) in [5.74, 6) is 0.713. The largest absolute Gasteiger partial charge is 0.488 e. The summed E-state index contributed by atoms with van der Waals surface area (Å²) >= 11 is 0. The van der Waals surface area contributed by atoms with Crippen LogP contribution in [-0.2, 0) is 0 Å². The number of rotatable bonds is 2. The van der Waals surface area contributed by atoms with Crippen LogP contribution in [-0.4, -0.2) is 11.0 Å². The number of fused-ring (bicyclic) bond motifs is 1. The van der Waals surface area contributed by atoms with Crippen LogP contribution in [0.15, 0.2) is 12.1 Å². The highest BCUT2D eigenvalue weighted by molar-refractivity contribution is 5.53. The Morgan fingerprint density at radius 1 is 1.56 bits per heavy atom. The molecule has 5 heteroatoms. The minimum Gasteiger partial charge on any atom is -0.488 e. The van der Waals surface area contributed by atoms with Gasteiger partial charge in [0.05, 0.1) is 11.0 Å². The van der Waals surface area contributed by atoms with Gasteiger partial charge >= 0.3 is 0 Å². The molecular weight excluding hydrogens is 208 g/mol. The minimum atomic E-state index is -0.403. The summed E-state index contributed by atoms with van der Waals surface area (Å²) in [5, 5.41) is 10.7. The highest BCUT2D eigenvalue weighted by Gasteiger charge is 2.33. The van der Waals surface area contributed by atoms with Gasteiger partial charge in [0.15, 0.2) is 0 Å². The number of non-ortho nitro benzene ring substituents is 1. The Hall–Kier alpha value is -1.62. The first-order valence-corrected chi connectivity index (χ1v) is 5.25. The van der Waals surface area contributed by atoms with E-state index in [2.05, 4.69) is 0 Å². The average molecular weight is 222 g/mol. The molecule has 86 valence electrons. The fourth-order valence-electron chi connectivity index (χ4n) is 2.06. The fraction of sp³-hybridized carbons (Fsp3) is 0.455. The molecule has 1 aliphatic heterocycles.